The molecular weight excluding hydrogens is 366 g/mol. The number of benzene rings is 1. The Hall–Kier alpha value is -2.12. The molecule has 5 rings (SSSR count). The van der Waals surface area contributed by atoms with E-state index in [4.69, 9.17) is 4.74 Å². The van der Waals surface area contributed by atoms with Crippen LogP contribution in [0.25, 0.3) is 10.2 Å². The van der Waals surface area contributed by atoms with Crippen molar-refractivity contribution in [2.45, 2.75) is 24.2 Å². The monoisotopic (exact) mass is 383 g/mol. The molecule has 2 aromatic heterocycles. The number of carbonyl (C=O) groups is 1. The number of amides is 1. The SMILES string of the molecule is O=C(COc1ncnc2sc3c(c12)CCC3)N1CCSc2ccccc21. The Labute approximate surface area is 159 Å². The fraction of sp³-hybridized carbons (Fsp3) is 0.316. The van der Waals surface area contributed by atoms with E-state index in [1.807, 2.05) is 23.1 Å². The Morgan fingerprint density at radius 3 is 3.12 bits per heavy atom. The van der Waals surface area contributed by atoms with Crippen molar-refractivity contribution in [2.75, 3.05) is 23.8 Å². The van der Waals surface area contributed by atoms with Crippen molar-refractivity contribution >= 4 is 44.9 Å². The van der Waals surface area contributed by atoms with E-state index < -0.39 is 0 Å². The number of nitrogens with zero attached hydrogens (tertiary/aromatic N) is 3. The summed E-state index contributed by atoms with van der Waals surface area (Å²) in [5.41, 5.74) is 2.29. The van der Waals surface area contributed by atoms with Gasteiger partial charge in [-0.25, -0.2) is 9.97 Å². The second kappa shape index (κ2) is 6.55. The molecular formula is C19H17N3O2S2. The van der Waals surface area contributed by atoms with E-state index in [1.165, 1.54) is 23.2 Å². The second-order valence-electron chi connectivity index (χ2n) is 6.37. The quantitative estimate of drug-likeness (QED) is 0.690. The minimum Gasteiger partial charge on any atom is -0.467 e. The van der Waals surface area contributed by atoms with E-state index in [-0.39, 0.29) is 12.5 Å². The third-order valence-corrected chi connectivity index (χ3v) is 7.07. The van der Waals surface area contributed by atoms with Crippen molar-refractivity contribution in [3.63, 3.8) is 0 Å². The molecule has 0 spiro atoms. The fourth-order valence-corrected chi connectivity index (χ4v) is 5.86. The third-order valence-electron chi connectivity index (χ3n) is 4.83. The predicted molar refractivity (Wildman–Crippen MR) is 104 cm³/mol. The maximum atomic E-state index is 12.8. The van der Waals surface area contributed by atoms with Gasteiger partial charge < -0.3 is 9.64 Å². The summed E-state index contributed by atoms with van der Waals surface area (Å²) in [6.07, 6.45) is 4.86. The molecule has 1 aliphatic carbocycles. The molecule has 1 amide bonds. The van der Waals surface area contributed by atoms with Gasteiger partial charge in [-0.2, -0.15) is 0 Å². The molecule has 0 radical (unpaired) electrons. The summed E-state index contributed by atoms with van der Waals surface area (Å²) in [4.78, 5) is 26.8. The van der Waals surface area contributed by atoms with Crippen LogP contribution < -0.4 is 9.64 Å². The smallest absolute Gasteiger partial charge is 0.265 e. The Morgan fingerprint density at radius 2 is 2.15 bits per heavy atom. The molecule has 0 fully saturated rings. The van der Waals surface area contributed by atoms with E-state index in [9.17, 15) is 4.79 Å². The van der Waals surface area contributed by atoms with Gasteiger partial charge in [0, 0.05) is 22.1 Å². The summed E-state index contributed by atoms with van der Waals surface area (Å²) >= 11 is 3.51. The number of thioether (sulfide) groups is 1. The van der Waals surface area contributed by atoms with Crippen LogP contribution in [0.15, 0.2) is 35.5 Å². The number of carbonyl (C=O) groups excluding carboxylic acids is 1. The second-order valence-corrected chi connectivity index (χ2v) is 8.59. The molecule has 5 nitrogen and oxygen atoms in total. The van der Waals surface area contributed by atoms with Crippen LogP contribution in [0.5, 0.6) is 5.88 Å². The van der Waals surface area contributed by atoms with E-state index in [0.29, 0.717) is 12.4 Å². The van der Waals surface area contributed by atoms with Gasteiger partial charge >= 0.3 is 0 Å². The molecule has 26 heavy (non-hydrogen) atoms. The first-order valence-corrected chi connectivity index (χ1v) is 10.5. The number of ether oxygens (including phenoxy) is 1. The average Bonchev–Trinajstić information content (AvgIpc) is 3.26. The van der Waals surface area contributed by atoms with E-state index in [0.717, 1.165) is 39.4 Å². The van der Waals surface area contributed by atoms with Gasteiger partial charge in [-0.1, -0.05) is 12.1 Å². The topological polar surface area (TPSA) is 55.3 Å². The zero-order chi connectivity index (χ0) is 17.5. The van der Waals surface area contributed by atoms with E-state index in [2.05, 4.69) is 16.0 Å². The van der Waals surface area contributed by atoms with Crippen molar-refractivity contribution in [1.82, 2.24) is 9.97 Å². The molecule has 0 atom stereocenters. The number of aromatic nitrogens is 2. The molecule has 2 aliphatic rings. The Bertz CT molecular complexity index is 1000. The maximum absolute atomic E-state index is 12.8. The molecule has 1 aliphatic heterocycles. The normalized spacial score (nSPS) is 15.8. The maximum Gasteiger partial charge on any atom is 0.265 e. The largest absolute Gasteiger partial charge is 0.467 e. The highest BCUT2D eigenvalue weighted by molar-refractivity contribution is 7.99. The van der Waals surface area contributed by atoms with Crippen LogP contribution in [0.4, 0.5) is 5.69 Å². The van der Waals surface area contributed by atoms with Crippen molar-refractivity contribution in [3.8, 4) is 5.88 Å². The highest BCUT2D eigenvalue weighted by Crippen LogP contribution is 2.40. The lowest BCUT2D eigenvalue weighted by Crippen LogP contribution is -2.38. The lowest BCUT2D eigenvalue weighted by atomic mass is 10.2. The number of thiophene rings is 1. The molecule has 0 saturated heterocycles. The Morgan fingerprint density at radius 1 is 1.23 bits per heavy atom. The summed E-state index contributed by atoms with van der Waals surface area (Å²) < 4.78 is 5.89. The summed E-state index contributed by atoms with van der Waals surface area (Å²) in [6.45, 7) is 0.701. The molecule has 3 aromatic rings. The molecule has 132 valence electrons. The first-order valence-electron chi connectivity index (χ1n) is 8.71. The summed E-state index contributed by atoms with van der Waals surface area (Å²) in [7, 11) is 0. The molecule has 7 heteroatoms. The molecule has 0 saturated carbocycles. The lowest BCUT2D eigenvalue weighted by Gasteiger charge is -2.28. The van der Waals surface area contributed by atoms with Gasteiger partial charge in [-0.05, 0) is 37.0 Å². The van der Waals surface area contributed by atoms with Gasteiger partial charge in [0.05, 0.1) is 11.1 Å². The standard InChI is InChI=1S/C19H17N3O2S2/c23-16(22-8-9-25-15-6-2-1-5-13(15)22)10-24-18-17-12-4-3-7-14(12)26-19(17)21-11-20-18/h1-2,5-6,11H,3-4,7-10H2. The number of hydrogen-bond donors (Lipinski definition) is 0. The van der Waals surface area contributed by atoms with E-state index >= 15 is 0 Å². The van der Waals surface area contributed by atoms with Crippen molar-refractivity contribution < 1.29 is 9.53 Å². The summed E-state index contributed by atoms with van der Waals surface area (Å²) in [5, 5.41) is 1.01. The fourth-order valence-electron chi connectivity index (χ4n) is 3.65. The number of rotatable bonds is 3. The number of hydrogen-bond acceptors (Lipinski definition) is 6. The van der Waals surface area contributed by atoms with Crippen LogP contribution in [0.2, 0.25) is 0 Å². The molecule has 1 aromatic carbocycles. The minimum absolute atomic E-state index is 0.00423. The van der Waals surface area contributed by atoms with Gasteiger partial charge in [-0.3, -0.25) is 4.79 Å². The van der Waals surface area contributed by atoms with Gasteiger partial charge in [0.2, 0.25) is 5.88 Å². The number of anilines is 1. The zero-order valence-electron chi connectivity index (χ0n) is 14.1. The van der Waals surface area contributed by atoms with Crippen LogP contribution in [-0.4, -0.2) is 34.8 Å². The molecule has 0 unspecified atom stereocenters. The zero-order valence-corrected chi connectivity index (χ0v) is 15.7. The minimum atomic E-state index is -0.0311. The van der Waals surface area contributed by atoms with Crippen molar-refractivity contribution in [2.24, 2.45) is 0 Å². The van der Waals surface area contributed by atoms with Gasteiger partial charge in [0.25, 0.3) is 5.91 Å². The molecule has 0 bridgehead atoms. The Kier molecular flexibility index (Phi) is 4.05. The molecule has 0 N–H and O–H groups in total. The number of aryl methyl sites for hydroxylation is 2. The summed E-state index contributed by atoms with van der Waals surface area (Å²) in [5.74, 6) is 1.41. The Balaban J connectivity index is 1.39. The first kappa shape index (κ1) is 16.1. The average molecular weight is 383 g/mol. The number of para-hydroxylation sites is 1. The van der Waals surface area contributed by atoms with Gasteiger partial charge in [-0.15, -0.1) is 23.1 Å². The molecule has 3 heterocycles. The highest BCUT2D eigenvalue weighted by Gasteiger charge is 2.25. The van der Waals surface area contributed by atoms with Crippen LogP contribution in [-0.2, 0) is 17.6 Å². The van der Waals surface area contributed by atoms with E-state index in [1.54, 1.807) is 23.1 Å². The van der Waals surface area contributed by atoms with Crippen molar-refractivity contribution in [3.05, 3.63) is 41.0 Å². The lowest BCUT2D eigenvalue weighted by molar-refractivity contribution is -0.120. The third kappa shape index (κ3) is 2.66. The summed E-state index contributed by atoms with van der Waals surface area (Å²) in [6, 6.07) is 8.02. The van der Waals surface area contributed by atoms with Crippen LogP contribution in [0.1, 0.15) is 16.9 Å². The van der Waals surface area contributed by atoms with Gasteiger partial charge in [0.15, 0.2) is 6.61 Å². The predicted octanol–water partition coefficient (Wildman–Crippen LogP) is 3.70. The van der Waals surface area contributed by atoms with Gasteiger partial charge in [0.1, 0.15) is 11.2 Å². The van der Waals surface area contributed by atoms with Crippen LogP contribution in [0, 0.1) is 0 Å². The number of fused-ring (bicyclic) bond motifs is 4. The van der Waals surface area contributed by atoms with Crippen LogP contribution in [0.3, 0.4) is 0 Å². The highest BCUT2D eigenvalue weighted by atomic mass is 32.2. The first-order chi connectivity index (χ1) is 12.8. The van der Waals surface area contributed by atoms with Crippen LogP contribution >= 0.6 is 23.1 Å². The van der Waals surface area contributed by atoms with Crippen molar-refractivity contribution in [1.29, 1.82) is 0 Å².